The quantitative estimate of drug-likeness (QED) is 0.163. The molecule has 0 aromatic heterocycles. The van der Waals surface area contributed by atoms with Gasteiger partial charge in [-0.1, -0.05) is 8.39 Å². The minimum atomic E-state index is -0.546. The molecule has 6 nitrogen and oxygen atoms in total. The molecule has 0 unspecified atom stereocenters. The first-order valence-corrected chi connectivity index (χ1v) is 4.52. The zero-order valence-electron chi connectivity index (χ0n) is 8.57. The molecule has 0 aliphatic carbocycles. The third kappa shape index (κ3) is 36.0. The number of rotatable bonds is 4. The van der Waals surface area contributed by atoms with Crippen molar-refractivity contribution in [1.82, 2.24) is 0 Å². The van der Waals surface area contributed by atoms with Gasteiger partial charge in [0.1, 0.15) is 0 Å². The Kier molecular flexibility index (Phi) is 30.0. The van der Waals surface area contributed by atoms with Crippen molar-refractivity contribution >= 4 is 58.1 Å². The van der Waals surface area contributed by atoms with Crippen LogP contribution in [0.2, 0.25) is 0 Å². The van der Waals surface area contributed by atoms with E-state index in [0.717, 1.165) is 0 Å². The third-order valence-corrected chi connectivity index (χ3v) is 1.03. The minimum absolute atomic E-state index is 0. The molecule has 0 saturated heterocycles. The molecule has 0 atom stereocenters. The van der Waals surface area contributed by atoms with Crippen molar-refractivity contribution in [2.45, 2.75) is 0 Å². The molecule has 0 aliphatic heterocycles. The van der Waals surface area contributed by atoms with Crippen LogP contribution < -0.4 is 103 Å². The van der Waals surface area contributed by atoms with Crippen molar-refractivity contribution in [2.75, 3.05) is 13.1 Å². The fourth-order valence-electron chi connectivity index (χ4n) is 0.211. The van der Waals surface area contributed by atoms with E-state index >= 15 is 0 Å². The summed E-state index contributed by atoms with van der Waals surface area (Å²) in [5.41, 5.74) is 0. The second-order valence-electron chi connectivity index (χ2n) is 1.73. The zero-order chi connectivity index (χ0) is 11.7. The molecule has 0 fully saturated rings. The average molecular weight is 351 g/mol. The van der Waals surface area contributed by atoms with E-state index in [1.165, 1.54) is 0 Å². The molecule has 0 heterocycles. The smallest absolute Gasteiger partial charge is 0.427 e. The Balaban J connectivity index is -0.0000000800. The minimum Gasteiger partial charge on any atom is -0.427 e. The predicted octanol–water partition coefficient (Wildman–Crippen LogP) is -5.72. The number of nitrogens with zero attached hydrogens (tertiary/aromatic N) is 2. The van der Waals surface area contributed by atoms with E-state index in [1.807, 2.05) is 0 Å². The van der Waals surface area contributed by atoms with Gasteiger partial charge in [-0.3, -0.25) is 20.2 Å². The number of hydrogen-bond acceptors (Lipinski definition) is 8. The predicted molar refractivity (Wildman–Crippen MR) is 63.6 cm³/mol. The molecule has 0 saturated carbocycles. The van der Waals surface area contributed by atoms with E-state index in [0.29, 0.717) is 0 Å². The largest absolute Gasteiger partial charge is 1.00 e. The van der Waals surface area contributed by atoms with Crippen LogP contribution in [0.1, 0.15) is 0 Å². The van der Waals surface area contributed by atoms with E-state index < -0.39 is 9.85 Å². The topological polar surface area (TPSA) is 86.3 Å². The van der Waals surface area contributed by atoms with E-state index in [1.54, 1.807) is 0 Å². The molecule has 80 valence electrons. The monoisotopic (exact) mass is 350 g/mol. The van der Waals surface area contributed by atoms with Gasteiger partial charge in [-0.2, -0.15) is 0 Å². The Labute approximate surface area is 199 Å². The van der Waals surface area contributed by atoms with Crippen molar-refractivity contribution in [3.63, 3.8) is 0 Å². The summed E-state index contributed by atoms with van der Waals surface area (Å²) in [6, 6.07) is 0. The Morgan fingerprint density at radius 3 is 1.12 bits per heavy atom. The second-order valence-corrected chi connectivity index (χ2v) is 4.21. The van der Waals surface area contributed by atoms with Crippen molar-refractivity contribution in [3.05, 3.63) is 20.2 Å². The molecule has 0 aromatic rings. The van der Waals surface area contributed by atoms with Crippen LogP contribution in [0, 0.1) is 20.2 Å². The van der Waals surface area contributed by atoms with E-state index in [-0.39, 0.29) is 124 Å². The van der Waals surface area contributed by atoms with Crippen molar-refractivity contribution in [3.8, 4) is 0 Å². The van der Waals surface area contributed by atoms with Gasteiger partial charge >= 0.3 is 103 Å². The second kappa shape index (κ2) is 17.7. The Morgan fingerprint density at radius 1 is 0.938 bits per heavy atom. The molecule has 16 heavy (non-hydrogen) atoms. The first-order valence-electron chi connectivity index (χ1n) is 2.89. The molecule has 0 aliphatic rings. The third-order valence-electron chi connectivity index (χ3n) is 0.516. The van der Waals surface area contributed by atoms with Gasteiger partial charge in [0.05, 0.1) is 0 Å². The standard InChI is InChI=1S/2C2H3NO2S2.2K/c2*4-3(5)1-2(6)7;;/h2*1H2,(H,6,7);;/q;;2*+1/p-2. The van der Waals surface area contributed by atoms with Gasteiger partial charge in [0.2, 0.25) is 13.1 Å². The van der Waals surface area contributed by atoms with Gasteiger partial charge in [0.15, 0.2) is 0 Å². The van der Waals surface area contributed by atoms with Gasteiger partial charge in [-0.25, -0.2) is 0 Å². The summed E-state index contributed by atoms with van der Waals surface area (Å²) in [5, 5.41) is 18.9. The Hall–Kier alpha value is 2.69. The summed E-state index contributed by atoms with van der Waals surface area (Å²) in [7, 11) is 0. The zero-order valence-corrected chi connectivity index (χ0v) is 18.1. The van der Waals surface area contributed by atoms with Gasteiger partial charge in [0.25, 0.3) is 0 Å². The SMILES string of the molecule is O=[N+]([O-])CC(=S)[S-].O=[N+]([O-])CC(=S)[S-].[K+].[K+]. The van der Waals surface area contributed by atoms with Crippen LogP contribution in [-0.2, 0) is 25.3 Å². The summed E-state index contributed by atoms with van der Waals surface area (Å²) in [5.74, 6) is 0. The number of hydrogen-bond donors (Lipinski definition) is 0. The van der Waals surface area contributed by atoms with Crippen LogP contribution in [0.5, 0.6) is 0 Å². The summed E-state index contributed by atoms with van der Waals surface area (Å²) in [6.07, 6.45) is 0. The molecular formula is C4H4K2N2O4S4. The Bertz CT molecular complexity index is 214. The first kappa shape index (κ1) is 27.1. The van der Waals surface area contributed by atoms with E-state index in [9.17, 15) is 20.2 Å². The summed E-state index contributed by atoms with van der Waals surface area (Å²) >= 11 is 17.0. The first-order chi connectivity index (χ1) is 6.25. The van der Waals surface area contributed by atoms with Crippen molar-refractivity contribution in [2.24, 2.45) is 0 Å². The molecule has 0 spiro atoms. The number of thiocarbonyl (C=S) groups is 2. The molecule has 0 N–H and O–H groups in total. The average Bonchev–Trinajstić information content (AvgIpc) is 1.79. The van der Waals surface area contributed by atoms with Crippen LogP contribution in [0.15, 0.2) is 0 Å². The Morgan fingerprint density at radius 2 is 1.12 bits per heavy atom. The number of nitro groups is 2. The van der Waals surface area contributed by atoms with E-state index in [2.05, 4.69) is 49.7 Å². The summed E-state index contributed by atoms with van der Waals surface area (Å²) in [4.78, 5) is 17.8. The summed E-state index contributed by atoms with van der Waals surface area (Å²) < 4.78 is 0.00926. The molecule has 0 rings (SSSR count). The van der Waals surface area contributed by atoms with Crippen LogP contribution in [-0.4, -0.2) is 31.3 Å². The van der Waals surface area contributed by atoms with E-state index in [4.69, 9.17) is 0 Å². The van der Waals surface area contributed by atoms with Crippen LogP contribution in [0.25, 0.3) is 0 Å². The van der Waals surface area contributed by atoms with Gasteiger partial charge in [0, 0.05) is 9.85 Å². The molecule has 0 bridgehead atoms. The fraction of sp³-hybridized carbons (Fsp3) is 0.500. The molecule has 0 amide bonds. The molecular weight excluding hydrogens is 347 g/mol. The maximum absolute atomic E-state index is 9.46. The van der Waals surface area contributed by atoms with Crippen molar-refractivity contribution in [1.29, 1.82) is 0 Å². The van der Waals surface area contributed by atoms with Gasteiger partial charge < -0.3 is 49.7 Å². The molecule has 0 aromatic carbocycles. The maximum atomic E-state index is 9.46. The maximum Gasteiger partial charge on any atom is 1.00 e. The van der Waals surface area contributed by atoms with Crippen LogP contribution >= 0.6 is 24.4 Å². The fourth-order valence-corrected chi connectivity index (χ4v) is 0.632. The van der Waals surface area contributed by atoms with Gasteiger partial charge in [-0.05, 0) is 0 Å². The molecule has 0 radical (unpaired) electrons. The van der Waals surface area contributed by atoms with Crippen LogP contribution in [0.4, 0.5) is 0 Å². The normalized spacial score (nSPS) is 7.00. The summed E-state index contributed by atoms with van der Waals surface area (Å²) in [6.45, 7) is -0.741. The van der Waals surface area contributed by atoms with Crippen molar-refractivity contribution < 1.29 is 113 Å². The van der Waals surface area contributed by atoms with Gasteiger partial charge in [-0.15, -0.1) is 0 Å². The van der Waals surface area contributed by atoms with Crippen LogP contribution in [0.3, 0.4) is 0 Å². The molecule has 12 heteroatoms.